The van der Waals surface area contributed by atoms with Crippen LogP contribution in [0.15, 0.2) is 30.5 Å². The van der Waals surface area contributed by atoms with Crippen LogP contribution in [0, 0.1) is 0 Å². The summed E-state index contributed by atoms with van der Waals surface area (Å²) >= 11 is 0. The fraction of sp³-hybridized carbons (Fsp3) is 0.0909. The zero-order chi connectivity index (χ0) is 13.7. The third-order valence-electron chi connectivity index (χ3n) is 2.14. The number of carbonyl (C=O) groups excluding carboxylic acids is 2. The Balaban J connectivity index is 1.95. The van der Waals surface area contributed by atoms with Gasteiger partial charge in [0.2, 0.25) is 0 Å². The van der Waals surface area contributed by atoms with Gasteiger partial charge in [0.05, 0.1) is 6.20 Å². The molecule has 0 spiro atoms. The molecule has 0 aliphatic carbocycles. The maximum atomic E-state index is 11.6. The zero-order valence-electron chi connectivity index (χ0n) is 9.79. The van der Waals surface area contributed by atoms with Gasteiger partial charge < -0.3 is 15.8 Å². The largest absolute Gasteiger partial charge is 0.484 e. The highest BCUT2D eigenvalue weighted by Gasteiger charge is 2.08. The number of rotatable bonds is 5. The molecule has 1 aromatic carbocycles. The van der Waals surface area contributed by atoms with Crippen molar-refractivity contribution in [2.75, 3.05) is 11.9 Å². The third-order valence-corrected chi connectivity index (χ3v) is 2.14. The van der Waals surface area contributed by atoms with Crippen LogP contribution in [0.4, 0.5) is 5.69 Å². The minimum atomic E-state index is -0.552. The molecule has 2 aromatic rings. The smallest absolute Gasteiger partial charge is 0.277 e. The number of primary amides is 1. The first kappa shape index (κ1) is 12.6. The molecule has 0 aliphatic rings. The molecule has 0 atom stereocenters. The topological polar surface area (TPSA) is 123 Å². The summed E-state index contributed by atoms with van der Waals surface area (Å²) in [5, 5.41) is 12.2. The van der Waals surface area contributed by atoms with E-state index in [1.807, 2.05) is 0 Å². The summed E-state index contributed by atoms with van der Waals surface area (Å²) < 4.78 is 5.09. The van der Waals surface area contributed by atoms with E-state index in [1.54, 1.807) is 24.3 Å². The van der Waals surface area contributed by atoms with Gasteiger partial charge in [-0.1, -0.05) is 0 Å². The van der Waals surface area contributed by atoms with Crippen LogP contribution in [0.2, 0.25) is 0 Å². The Labute approximate surface area is 107 Å². The maximum absolute atomic E-state index is 11.6. The molecule has 0 aliphatic heterocycles. The number of benzene rings is 1. The minimum absolute atomic E-state index is 0.189. The fourth-order valence-electron chi connectivity index (χ4n) is 1.30. The van der Waals surface area contributed by atoms with E-state index < -0.39 is 5.91 Å². The molecule has 0 unspecified atom stereocenters. The van der Waals surface area contributed by atoms with E-state index in [1.165, 1.54) is 6.20 Å². The standard InChI is InChI=1S/C11H11N5O3/c12-10(17)6-19-8-3-1-7(2-4-8)14-11(18)9-5-13-16-15-9/h1-5H,6H2,(H2,12,17)(H,14,18)(H,13,15,16). The fourth-order valence-corrected chi connectivity index (χ4v) is 1.30. The van der Waals surface area contributed by atoms with Crippen molar-refractivity contribution < 1.29 is 14.3 Å². The molecule has 8 heteroatoms. The molecule has 19 heavy (non-hydrogen) atoms. The van der Waals surface area contributed by atoms with Crippen LogP contribution in [0.3, 0.4) is 0 Å². The van der Waals surface area contributed by atoms with E-state index in [0.29, 0.717) is 11.4 Å². The molecule has 8 nitrogen and oxygen atoms in total. The molecular formula is C11H11N5O3. The van der Waals surface area contributed by atoms with E-state index >= 15 is 0 Å². The molecule has 98 valence electrons. The van der Waals surface area contributed by atoms with Crippen molar-refractivity contribution in [3.05, 3.63) is 36.2 Å². The molecule has 4 N–H and O–H groups in total. The predicted octanol–water partition coefficient (Wildman–Crippen LogP) is -0.0789. The highest BCUT2D eigenvalue weighted by atomic mass is 16.5. The molecule has 0 fully saturated rings. The zero-order valence-corrected chi connectivity index (χ0v) is 9.79. The summed E-state index contributed by atoms with van der Waals surface area (Å²) in [5.41, 5.74) is 5.71. The molecule has 0 radical (unpaired) electrons. The van der Waals surface area contributed by atoms with Crippen molar-refractivity contribution in [2.45, 2.75) is 0 Å². The number of H-pyrrole nitrogens is 1. The lowest BCUT2D eigenvalue weighted by Crippen LogP contribution is -2.20. The van der Waals surface area contributed by atoms with Gasteiger partial charge in [0.25, 0.3) is 11.8 Å². The Morgan fingerprint density at radius 1 is 1.32 bits per heavy atom. The number of aromatic nitrogens is 3. The monoisotopic (exact) mass is 261 g/mol. The number of anilines is 1. The van der Waals surface area contributed by atoms with Gasteiger partial charge in [-0.05, 0) is 24.3 Å². The Morgan fingerprint density at radius 3 is 2.63 bits per heavy atom. The molecular weight excluding hydrogens is 250 g/mol. The van der Waals surface area contributed by atoms with Gasteiger partial charge in [0.1, 0.15) is 5.75 Å². The number of hydrogen-bond donors (Lipinski definition) is 3. The van der Waals surface area contributed by atoms with Gasteiger partial charge in [-0.2, -0.15) is 15.4 Å². The Hall–Kier alpha value is -2.90. The first-order valence-electron chi connectivity index (χ1n) is 5.33. The first-order chi connectivity index (χ1) is 9.15. The van der Waals surface area contributed by atoms with Crippen LogP contribution in [0.5, 0.6) is 5.75 Å². The molecule has 0 saturated carbocycles. The SMILES string of the molecule is NC(=O)COc1ccc(NC(=O)c2cn[nH]n2)cc1. The van der Waals surface area contributed by atoms with Crippen LogP contribution in [0.25, 0.3) is 0 Å². The van der Waals surface area contributed by atoms with E-state index in [4.69, 9.17) is 10.5 Å². The summed E-state index contributed by atoms with van der Waals surface area (Å²) in [6.07, 6.45) is 1.32. The lowest BCUT2D eigenvalue weighted by Gasteiger charge is -2.06. The number of carbonyl (C=O) groups is 2. The Bertz CT molecular complexity index is 565. The average molecular weight is 261 g/mol. The third kappa shape index (κ3) is 3.53. The summed E-state index contributed by atoms with van der Waals surface area (Å²) in [6.45, 7) is -0.190. The van der Waals surface area contributed by atoms with Crippen molar-refractivity contribution in [2.24, 2.45) is 5.73 Å². The van der Waals surface area contributed by atoms with Gasteiger partial charge in [-0.15, -0.1) is 0 Å². The molecule has 2 rings (SSSR count). The lowest BCUT2D eigenvalue weighted by molar-refractivity contribution is -0.119. The number of nitrogens with zero attached hydrogens (tertiary/aromatic N) is 2. The van der Waals surface area contributed by atoms with Gasteiger partial charge in [0, 0.05) is 5.69 Å². The van der Waals surface area contributed by atoms with Crippen molar-refractivity contribution >= 4 is 17.5 Å². The van der Waals surface area contributed by atoms with E-state index in [9.17, 15) is 9.59 Å². The predicted molar refractivity (Wildman–Crippen MR) is 65.5 cm³/mol. The number of amides is 2. The summed E-state index contributed by atoms with van der Waals surface area (Å²) in [6, 6.07) is 6.49. The second-order valence-corrected chi connectivity index (χ2v) is 3.59. The second kappa shape index (κ2) is 5.63. The van der Waals surface area contributed by atoms with Gasteiger partial charge in [-0.3, -0.25) is 9.59 Å². The first-order valence-corrected chi connectivity index (χ1v) is 5.33. The van der Waals surface area contributed by atoms with Gasteiger partial charge >= 0.3 is 0 Å². The van der Waals surface area contributed by atoms with Crippen LogP contribution in [-0.4, -0.2) is 33.8 Å². The van der Waals surface area contributed by atoms with Crippen molar-refractivity contribution in [3.63, 3.8) is 0 Å². The van der Waals surface area contributed by atoms with Crippen molar-refractivity contribution in [3.8, 4) is 5.75 Å². The van der Waals surface area contributed by atoms with Crippen LogP contribution < -0.4 is 15.8 Å². The van der Waals surface area contributed by atoms with Crippen LogP contribution >= 0.6 is 0 Å². The van der Waals surface area contributed by atoms with Crippen LogP contribution in [-0.2, 0) is 4.79 Å². The molecule has 0 bridgehead atoms. The number of aromatic amines is 1. The van der Waals surface area contributed by atoms with Crippen LogP contribution in [0.1, 0.15) is 10.5 Å². The molecule has 2 amide bonds. The van der Waals surface area contributed by atoms with E-state index in [0.717, 1.165) is 0 Å². The van der Waals surface area contributed by atoms with Gasteiger partial charge in [-0.25, -0.2) is 0 Å². The van der Waals surface area contributed by atoms with E-state index in [-0.39, 0.29) is 18.2 Å². The maximum Gasteiger partial charge on any atom is 0.277 e. The minimum Gasteiger partial charge on any atom is -0.484 e. The number of ether oxygens (including phenoxy) is 1. The van der Waals surface area contributed by atoms with Gasteiger partial charge in [0.15, 0.2) is 12.3 Å². The average Bonchev–Trinajstić information content (AvgIpc) is 2.92. The number of nitrogens with two attached hydrogens (primary N) is 1. The molecule has 0 saturated heterocycles. The molecule has 1 heterocycles. The van der Waals surface area contributed by atoms with Crippen molar-refractivity contribution in [1.82, 2.24) is 15.4 Å². The Morgan fingerprint density at radius 2 is 2.05 bits per heavy atom. The molecule has 1 aromatic heterocycles. The second-order valence-electron chi connectivity index (χ2n) is 3.59. The number of nitrogens with one attached hydrogen (secondary N) is 2. The number of hydrogen-bond acceptors (Lipinski definition) is 5. The summed E-state index contributed by atoms with van der Waals surface area (Å²) in [4.78, 5) is 22.2. The van der Waals surface area contributed by atoms with Crippen molar-refractivity contribution in [1.29, 1.82) is 0 Å². The normalized spacial score (nSPS) is 9.89. The Kier molecular flexibility index (Phi) is 3.72. The summed E-state index contributed by atoms with van der Waals surface area (Å²) in [5.74, 6) is -0.443. The van der Waals surface area contributed by atoms with E-state index in [2.05, 4.69) is 20.7 Å². The quantitative estimate of drug-likeness (QED) is 0.694. The highest BCUT2D eigenvalue weighted by Crippen LogP contribution is 2.16. The lowest BCUT2D eigenvalue weighted by atomic mass is 10.3. The highest BCUT2D eigenvalue weighted by molar-refractivity contribution is 6.02. The summed E-state index contributed by atoms with van der Waals surface area (Å²) in [7, 11) is 0.